The summed E-state index contributed by atoms with van der Waals surface area (Å²) in [6.45, 7) is 0.486. The summed E-state index contributed by atoms with van der Waals surface area (Å²) in [7, 11) is 1.87. The van der Waals surface area contributed by atoms with Gasteiger partial charge in [0.15, 0.2) is 0 Å². The normalized spacial score (nSPS) is 10.8. The zero-order chi connectivity index (χ0) is 16.2. The Bertz CT molecular complexity index is 895. The monoisotopic (exact) mass is 311 g/mol. The minimum atomic E-state index is -0.617. The molecule has 2 heterocycles. The number of nitrogens with one attached hydrogen (secondary N) is 1. The van der Waals surface area contributed by atoms with Crippen LogP contribution in [-0.2, 0) is 13.5 Å². The second kappa shape index (κ2) is 6.48. The Morgan fingerprint density at radius 3 is 2.96 bits per heavy atom. The molecule has 0 radical (unpaired) electrons. The molecule has 23 heavy (non-hydrogen) atoms. The van der Waals surface area contributed by atoms with Gasteiger partial charge in [-0.15, -0.1) is 0 Å². The molecule has 3 aromatic rings. The molecule has 0 saturated heterocycles. The van der Waals surface area contributed by atoms with Crippen LogP contribution in [0.5, 0.6) is 0 Å². The Hall–Kier alpha value is -2.89. The number of hydrogen-bond donors (Lipinski definition) is 1. The van der Waals surface area contributed by atoms with E-state index in [2.05, 4.69) is 10.4 Å². The van der Waals surface area contributed by atoms with Crippen LogP contribution < -0.4 is 10.9 Å². The molecule has 2 aromatic heterocycles. The molecule has 6 nitrogen and oxygen atoms in total. The molecule has 0 spiro atoms. The summed E-state index contributed by atoms with van der Waals surface area (Å²) < 4.78 is 6.91. The number of aryl methyl sites for hydroxylation is 2. The van der Waals surface area contributed by atoms with E-state index in [1.165, 1.54) is 0 Å². The largest absolute Gasteiger partial charge is 0.422 e. The Labute approximate surface area is 132 Å². The lowest BCUT2D eigenvalue weighted by atomic mass is 10.1. The van der Waals surface area contributed by atoms with Crippen LogP contribution in [0.3, 0.4) is 0 Å². The molecule has 3 rings (SSSR count). The fourth-order valence-electron chi connectivity index (χ4n) is 2.41. The van der Waals surface area contributed by atoms with E-state index in [0.717, 1.165) is 23.8 Å². The van der Waals surface area contributed by atoms with Crippen LogP contribution in [0.15, 0.2) is 51.9 Å². The summed E-state index contributed by atoms with van der Waals surface area (Å²) in [6, 6.07) is 8.68. The van der Waals surface area contributed by atoms with E-state index >= 15 is 0 Å². The summed E-state index contributed by atoms with van der Waals surface area (Å²) >= 11 is 0. The quantitative estimate of drug-likeness (QED) is 0.576. The number of benzene rings is 1. The number of carbonyl (C=O) groups excluding carboxylic acids is 1. The van der Waals surface area contributed by atoms with Gasteiger partial charge in [-0.2, -0.15) is 5.10 Å². The second-order valence-corrected chi connectivity index (χ2v) is 5.37. The fourth-order valence-corrected chi connectivity index (χ4v) is 2.41. The maximum Gasteiger partial charge on any atom is 0.349 e. The lowest BCUT2D eigenvalue weighted by molar-refractivity contribution is 0.0949. The highest BCUT2D eigenvalue weighted by molar-refractivity contribution is 5.96. The van der Waals surface area contributed by atoms with Gasteiger partial charge in [0.05, 0.1) is 6.20 Å². The fraction of sp³-hybridized carbons (Fsp3) is 0.235. The standard InChI is InChI=1S/C17H17N3O3/c1-20-11-12(10-19-20)5-4-8-18-16(21)14-9-13-6-2-3-7-15(13)23-17(14)22/h2-3,6-7,9-11H,4-5,8H2,1H3,(H,18,21). The summed E-state index contributed by atoms with van der Waals surface area (Å²) in [4.78, 5) is 24.0. The Balaban J connectivity index is 1.62. The molecule has 0 atom stereocenters. The van der Waals surface area contributed by atoms with Crippen molar-refractivity contribution in [3.63, 3.8) is 0 Å². The van der Waals surface area contributed by atoms with Gasteiger partial charge in [-0.05, 0) is 30.5 Å². The van der Waals surface area contributed by atoms with E-state index in [9.17, 15) is 9.59 Å². The van der Waals surface area contributed by atoms with Crippen LogP contribution in [-0.4, -0.2) is 22.2 Å². The molecule has 1 amide bonds. The first kappa shape index (κ1) is 15.0. The van der Waals surface area contributed by atoms with Crippen LogP contribution in [0.1, 0.15) is 22.3 Å². The first-order chi connectivity index (χ1) is 11.1. The molecule has 0 bridgehead atoms. The third kappa shape index (κ3) is 3.48. The molecule has 6 heteroatoms. The van der Waals surface area contributed by atoms with Gasteiger partial charge in [-0.1, -0.05) is 18.2 Å². The van der Waals surface area contributed by atoms with Gasteiger partial charge < -0.3 is 9.73 Å². The lowest BCUT2D eigenvalue weighted by Crippen LogP contribution is -2.29. The average molecular weight is 311 g/mol. The number of aromatic nitrogens is 2. The van der Waals surface area contributed by atoms with Crippen molar-refractivity contribution < 1.29 is 9.21 Å². The van der Waals surface area contributed by atoms with E-state index in [0.29, 0.717) is 12.1 Å². The van der Waals surface area contributed by atoms with Gasteiger partial charge >= 0.3 is 5.63 Å². The minimum Gasteiger partial charge on any atom is -0.422 e. The molecular formula is C17H17N3O3. The van der Waals surface area contributed by atoms with Crippen molar-refractivity contribution in [2.75, 3.05) is 6.54 Å². The van der Waals surface area contributed by atoms with Gasteiger partial charge in [-0.25, -0.2) is 4.79 Å². The number of nitrogens with zero attached hydrogens (tertiary/aromatic N) is 2. The number of amides is 1. The molecule has 1 N–H and O–H groups in total. The van der Waals surface area contributed by atoms with Gasteiger partial charge in [0.1, 0.15) is 11.1 Å². The second-order valence-electron chi connectivity index (χ2n) is 5.37. The highest BCUT2D eigenvalue weighted by Crippen LogP contribution is 2.12. The smallest absolute Gasteiger partial charge is 0.349 e. The molecule has 1 aromatic carbocycles. The van der Waals surface area contributed by atoms with Crippen molar-refractivity contribution in [1.29, 1.82) is 0 Å². The summed E-state index contributed by atoms with van der Waals surface area (Å²) in [5.74, 6) is -0.407. The van der Waals surface area contributed by atoms with E-state index in [1.807, 2.05) is 19.3 Å². The van der Waals surface area contributed by atoms with Crippen molar-refractivity contribution in [3.8, 4) is 0 Å². The number of carbonyl (C=O) groups is 1. The summed E-state index contributed by atoms with van der Waals surface area (Å²) in [6.07, 6.45) is 5.34. The van der Waals surface area contributed by atoms with E-state index in [1.54, 1.807) is 35.1 Å². The van der Waals surface area contributed by atoms with Crippen molar-refractivity contribution >= 4 is 16.9 Å². The topological polar surface area (TPSA) is 77.1 Å². The number of fused-ring (bicyclic) bond motifs is 1. The van der Waals surface area contributed by atoms with Crippen LogP contribution in [0.4, 0.5) is 0 Å². The van der Waals surface area contributed by atoms with Gasteiger partial charge in [0, 0.05) is 25.2 Å². The number of hydrogen-bond acceptors (Lipinski definition) is 4. The van der Waals surface area contributed by atoms with Crippen molar-refractivity contribution in [1.82, 2.24) is 15.1 Å². The van der Waals surface area contributed by atoms with Crippen molar-refractivity contribution in [3.05, 3.63) is 64.3 Å². The number of rotatable bonds is 5. The predicted octanol–water partition coefficient (Wildman–Crippen LogP) is 1.89. The van der Waals surface area contributed by atoms with E-state index in [4.69, 9.17) is 4.42 Å². The first-order valence-electron chi connectivity index (χ1n) is 7.42. The number of para-hydroxylation sites is 1. The van der Waals surface area contributed by atoms with Crippen LogP contribution in [0, 0.1) is 0 Å². The Kier molecular flexibility index (Phi) is 4.23. The lowest BCUT2D eigenvalue weighted by Gasteiger charge is -2.04. The summed E-state index contributed by atoms with van der Waals surface area (Å²) in [5.41, 5.74) is 1.01. The first-order valence-corrected chi connectivity index (χ1v) is 7.42. The minimum absolute atomic E-state index is 0.0325. The molecular weight excluding hydrogens is 294 g/mol. The van der Waals surface area contributed by atoms with Crippen LogP contribution in [0.2, 0.25) is 0 Å². The van der Waals surface area contributed by atoms with Gasteiger partial charge in [0.25, 0.3) is 5.91 Å². The van der Waals surface area contributed by atoms with Gasteiger partial charge in [-0.3, -0.25) is 9.48 Å². The molecule has 118 valence electrons. The zero-order valence-electron chi connectivity index (χ0n) is 12.8. The van der Waals surface area contributed by atoms with Crippen molar-refractivity contribution in [2.24, 2.45) is 7.05 Å². The van der Waals surface area contributed by atoms with Gasteiger partial charge in [0.2, 0.25) is 0 Å². The zero-order valence-corrected chi connectivity index (χ0v) is 12.8. The average Bonchev–Trinajstić information content (AvgIpc) is 2.96. The van der Waals surface area contributed by atoms with Crippen LogP contribution >= 0.6 is 0 Å². The predicted molar refractivity (Wildman–Crippen MR) is 86.3 cm³/mol. The molecule has 0 saturated carbocycles. The SMILES string of the molecule is Cn1cc(CCCNC(=O)c2cc3ccccc3oc2=O)cn1. The molecule has 0 fully saturated rings. The Morgan fingerprint density at radius 2 is 2.17 bits per heavy atom. The third-order valence-electron chi connectivity index (χ3n) is 3.57. The summed E-state index contributed by atoms with van der Waals surface area (Å²) in [5, 5.41) is 7.58. The molecule has 0 aliphatic heterocycles. The Morgan fingerprint density at radius 1 is 1.35 bits per heavy atom. The van der Waals surface area contributed by atoms with Crippen LogP contribution in [0.25, 0.3) is 11.0 Å². The van der Waals surface area contributed by atoms with Crippen molar-refractivity contribution in [2.45, 2.75) is 12.8 Å². The van der Waals surface area contributed by atoms with E-state index in [-0.39, 0.29) is 5.56 Å². The maximum atomic E-state index is 12.1. The molecule has 0 aliphatic carbocycles. The van der Waals surface area contributed by atoms with E-state index < -0.39 is 11.5 Å². The molecule has 0 aliphatic rings. The third-order valence-corrected chi connectivity index (χ3v) is 3.57. The maximum absolute atomic E-state index is 12.1. The molecule has 0 unspecified atom stereocenters. The highest BCUT2D eigenvalue weighted by Gasteiger charge is 2.12. The highest BCUT2D eigenvalue weighted by atomic mass is 16.4.